The van der Waals surface area contributed by atoms with Crippen molar-refractivity contribution in [2.24, 2.45) is 0 Å². The molecule has 2 atom stereocenters. The second kappa shape index (κ2) is 6.21. The van der Waals surface area contributed by atoms with Gasteiger partial charge in [-0.15, -0.1) is 0 Å². The van der Waals surface area contributed by atoms with E-state index in [1.807, 2.05) is 0 Å². The zero-order chi connectivity index (χ0) is 8.81. The molecule has 0 radical (unpaired) electrons. The first-order valence-electron chi connectivity index (χ1n) is 5.14. The van der Waals surface area contributed by atoms with Crippen molar-refractivity contribution in [1.29, 1.82) is 0 Å². The van der Waals surface area contributed by atoms with Crippen LogP contribution in [-0.4, -0.2) is 34.3 Å². The van der Waals surface area contributed by atoms with E-state index >= 15 is 0 Å². The van der Waals surface area contributed by atoms with Gasteiger partial charge in [0.05, 0.1) is 0 Å². The third-order valence-electron chi connectivity index (χ3n) is 2.50. The van der Waals surface area contributed by atoms with Crippen LogP contribution in [0.3, 0.4) is 0 Å². The van der Waals surface area contributed by atoms with Crippen LogP contribution in [0.15, 0.2) is 0 Å². The number of hydrogen-bond acceptors (Lipinski definition) is 2. The Balaban J connectivity index is 2.15. The SMILES string of the molecule is CCC[CH2][SnH]([OH])[CH]1CCCCO1. The maximum atomic E-state index is 9.89. The topological polar surface area (TPSA) is 29.5 Å². The molecule has 2 unspecified atom stereocenters. The predicted octanol–water partition coefficient (Wildman–Crippen LogP) is 1.61. The summed E-state index contributed by atoms with van der Waals surface area (Å²) in [4.78, 5) is 0. The van der Waals surface area contributed by atoms with Crippen LogP contribution in [0, 0.1) is 0 Å². The zero-order valence-electron chi connectivity index (χ0n) is 7.96. The van der Waals surface area contributed by atoms with E-state index in [9.17, 15) is 3.44 Å². The van der Waals surface area contributed by atoms with Gasteiger partial charge in [-0.1, -0.05) is 0 Å². The molecule has 0 bridgehead atoms. The van der Waals surface area contributed by atoms with Crippen LogP contribution >= 0.6 is 0 Å². The van der Waals surface area contributed by atoms with Gasteiger partial charge in [-0.25, -0.2) is 0 Å². The summed E-state index contributed by atoms with van der Waals surface area (Å²) < 4.78 is 16.9. The monoisotopic (exact) mass is 280 g/mol. The number of unbranched alkanes of at least 4 members (excludes halogenated alkanes) is 1. The first-order chi connectivity index (χ1) is 5.84. The van der Waals surface area contributed by atoms with Gasteiger partial charge in [0, 0.05) is 0 Å². The second-order valence-corrected chi connectivity index (χ2v) is 10.6. The molecule has 0 spiro atoms. The van der Waals surface area contributed by atoms with Gasteiger partial charge in [-0.2, -0.15) is 0 Å². The molecule has 0 aromatic heterocycles. The van der Waals surface area contributed by atoms with Crippen molar-refractivity contribution >= 4 is 20.2 Å². The van der Waals surface area contributed by atoms with Gasteiger partial charge in [-0.05, 0) is 0 Å². The number of hydrogen-bond donors (Lipinski definition) is 1. The van der Waals surface area contributed by atoms with Crippen LogP contribution in [0.25, 0.3) is 0 Å². The summed E-state index contributed by atoms with van der Waals surface area (Å²) in [5, 5.41) is 0. The van der Waals surface area contributed by atoms with E-state index < -0.39 is 20.2 Å². The molecule has 1 aliphatic heterocycles. The van der Waals surface area contributed by atoms with Crippen molar-refractivity contribution < 1.29 is 8.18 Å². The van der Waals surface area contributed by atoms with Crippen LogP contribution in [0.1, 0.15) is 39.0 Å². The Morgan fingerprint density at radius 1 is 1.50 bits per heavy atom. The molecule has 1 N–H and O–H groups in total. The van der Waals surface area contributed by atoms with Gasteiger partial charge in [0.25, 0.3) is 0 Å². The zero-order valence-corrected chi connectivity index (χ0v) is 11.3. The van der Waals surface area contributed by atoms with Gasteiger partial charge in [0.2, 0.25) is 0 Å². The van der Waals surface area contributed by atoms with Gasteiger partial charge < -0.3 is 0 Å². The van der Waals surface area contributed by atoms with Crippen molar-refractivity contribution in [2.75, 3.05) is 6.61 Å². The van der Waals surface area contributed by atoms with Crippen LogP contribution in [0.2, 0.25) is 4.44 Å². The fourth-order valence-electron chi connectivity index (χ4n) is 1.67. The normalized spacial score (nSPS) is 27.0. The van der Waals surface area contributed by atoms with E-state index in [0.29, 0.717) is 4.12 Å². The van der Waals surface area contributed by atoms with Crippen LogP contribution < -0.4 is 0 Å². The van der Waals surface area contributed by atoms with Crippen molar-refractivity contribution in [3.05, 3.63) is 0 Å². The van der Waals surface area contributed by atoms with Crippen LogP contribution in [0.5, 0.6) is 0 Å². The van der Waals surface area contributed by atoms with E-state index in [-0.39, 0.29) is 0 Å². The minimum atomic E-state index is -2.19. The van der Waals surface area contributed by atoms with Crippen LogP contribution in [-0.2, 0) is 4.74 Å². The average Bonchev–Trinajstić information content (AvgIpc) is 2.15. The molecule has 1 rings (SSSR count). The Hall–Kier alpha value is 0.719. The number of rotatable bonds is 4. The van der Waals surface area contributed by atoms with E-state index in [0.717, 1.165) is 17.5 Å². The molecule has 0 aliphatic carbocycles. The molecule has 1 heterocycles. The molecule has 1 fully saturated rings. The Morgan fingerprint density at radius 2 is 2.33 bits per heavy atom. The molecule has 1 aliphatic rings. The molecular weight excluding hydrogens is 259 g/mol. The van der Waals surface area contributed by atoms with Gasteiger partial charge >= 0.3 is 82.5 Å². The summed E-state index contributed by atoms with van der Waals surface area (Å²) in [5.41, 5.74) is 0. The van der Waals surface area contributed by atoms with Crippen LogP contribution in [0.4, 0.5) is 0 Å². The van der Waals surface area contributed by atoms with Gasteiger partial charge in [-0.3, -0.25) is 0 Å². The fourth-order valence-corrected chi connectivity index (χ4v) is 7.88. The molecule has 3 heteroatoms. The molecule has 0 aromatic carbocycles. The standard InChI is InChI=1S/C5H9O.C4H9.H2O.Sn.H/c1-2-4-6-5-3-1;1-3-4-2;;;/h4H,1-3,5H2;1,3-4H2,2H3;1H2;;/q;;;+1;/p-1. The Morgan fingerprint density at radius 3 is 2.92 bits per heavy atom. The first-order valence-corrected chi connectivity index (χ1v) is 10.8. The molecule has 12 heavy (non-hydrogen) atoms. The fraction of sp³-hybridized carbons (Fsp3) is 1.00. The predicted molar refractivity (Wildman–Crippen MR) is 52.7 cm³/mol. The Labute approximate surface area is 82.6 Å². The van der Waals surface area contributed by atoms with E-state index in [1.54, 1.807) is 0 Å². The third kappa shape index (κ3) is 3.62. The van der Waals surface area contributed by atoms with E-state index in [1.165, 1.54) is 25.7 Å². The Kier molecular flexibility index (Phi) is 5.59. The first kappa shape index (κ1) is 10.8. The summed E-state index contributed by atoms with van der Waals surface area (Å²) in [5.74, 6) is 0. The summed E-state index contributed by atoms with van der Waals surface area (Å²) >= 11 is -2.19. The molecule has 0 saturated carbocycles. The number of ether oxygens (including phenoxy) is 1. The Bertz CT molecular complexity index is 113. The van der Waals surface area contributed by atoms with Gasteiger partial charge in [0.1, 0.15) is 0 Å². The van der Waals surface area contributed by atoms with Crippen molar-refractivity contribution in [2.45, 2.75) is 47.6 Å². The molecule has 2 nitrogen and oxygen atoms in total. The summed E-state index contributed by atoms with van der Waals surface area (Å²) in [6.45, 7) is 3.07. The molecule has 1 saturated heterocycles. The summed E-state index contributed by atoms with van der Waals surface area (Å²) in [7, 11) is 0. The average molecular weight is 279 g/mol. The summed E-state index contributed by atoms with van der Waals surface area (Å²) in [6, 6.07) is 0. The molecular formula is C9H20O2Sn. The molecule has 0 amide bonds. The van der Waals surface area contributed by atoms with Crippen molar-refractivity contribution in [3.63, 3.8) is 0 Å². The minimum absolute atomic E-state index is 0.340. The second-order valence-electron chi connectivity index (χ2n) is 3.61. The molecule has 72 valence electrons. The van der Waals surface area contributed by atoms with E-state index in [2.05, 4.69) is 6.92 Å². The maximum absolute atomic E-state index is 9.89. The summed E-state index contributed by atoms with van der Waals surface area (Å²) in [6.07, 6.45) is 6.02. The van der Waals surface area contributed by atoms with Crippen molar-refractivity contribution in [1.82, 2.24) is 0 Å². The van der Waals surface area contributed by atoms with Gasteiger partial charge in [0.15, 0.2) is 0 Å². The van der Waals surface area contributed by atoms with Crippen molar-refractivity contribution in [3.8, 4) is 0 Å². The third-order valence-corrected chi connectivity index (χ3v) is 9.30. The molecule has 0 aromatic rings. The van der Waals surface area contributed by atoms with E-state index in [4.69, 9.17) is 4.74 Å². The quantitative estimate of drug-likeness (QED) is 0.792.